The number of aliphatic carboxylic acids is 1. The maximum atomic E-state index is 9.60. The SMILES string of the molecule is Br.Br.Br.C=C(C)C(=O)O.[BiH3]. The van der Waals surface area contributed by atoms with Gasteiger partial charge in [-0.15, -0.1) is 50.9 Å². The summed E-state index contributed by atoms with van der Waals surface area (Å²) >= 11 is 0. The minimum absolute atomic E-state index is 0. The molecule has 0 aromatic carbocycles. The molecule has 0 fully saturated rings. The Labute approximate surface area is 111 Å². The van der Waals surface area contributed by atoms with E-state index >= 15 is 0 Å². The minimum atomic E-state index is -0.935. The molecule has 0 bridgehead atoms. The molecular weight excluding hydrogens is 529 g/mol. The first kappa shape index (κ1) is 30.0. The van der Waals surface area contributed by atoms with Crippen molar-refractivity contribution < 1.29 is 9.90 Å². The van der Waals surface area contributed by atoms with Crippen LogP contribution < -0.4 is 0 Å². The van der Waals surface area contributed by atoms with Gasteiger partial charge in [0.15, 0.2) is 0 Å². The monoisotopic (exact) mass is 538 g/mol. The fourth-order valence-electron chi connectivity index (χ4n) is 0. The predicted octanol–water partition coefficient (Wildman–Crippen LogP) is 1.20. The van der Waals surface area contributed by atoms with E-state index in [1.807, 2.05) is 0 Å². The van der Waals surface area contributed by atoms with Crippen molar-refractivity contribution in [3.63, 3.8) is 0 Å². The average Bonchev–Trinajstić information content (AvgIpc) is 1.36. The van der Waals surface area contributed by atoms with Gasteiger partial charge in [-0.1, -0.05) is 6.58 Å². The Balaban J connectivity index is -0.0000000208. The van der Waals surface area contributed by atoms with Crippen molar-refractivity contribution in [3.8, 4) is 0 Å². The van der Waals surface area contributed by atoms with Gasteiger partial charge in [-0.25, -0.2) is 4.79 Å². The van der Waals surface area contributed by atoms with E-state index in [0.29, 0.717) is 0 Å². The van der Waals surface area contributed by atoms with E-state index in [0.717, 1.165) is 0 Å². The summed E-state index contributed by atoms with van der Waals surface area (Å²) in [4.78, 5) is 9.60. The molecule has 0 spiro atoms. The number of carboxylic acid groups (broad SMARTS) is 1. The molecule has 0 heterocycles. The van der Waals surface area contributed by atoms with Gasteiger partial charge in [0.2, 0.25) is 0 Å². The van der Waals surface area contributed by atoms with Crippen LogP contribution in [0.1, 0.15) is 6.92 Å². The Morgan fingerprint density at radius 2 is 1.40 bits per heavy atom. The molecule has 66 valence electrons. The number of carboxylic acids is 1. The van der Waals surface area contributed by atoms with Crippen LogP contribution in [0.3, 0.4) is 0 Å². The number of carbonyl (C=O) groups is 1. The summed E-state index contributed by atoms with van der Waals surface area (Å²) in [5.74, 6) is -0.935. The van der Waals surface area contributed by atoms with E-state index in [4.69, 9.17) is 5.11 Å². The quantitative estimate of drug-likeness (QED) is 0.401. The van der Waals surface area contributed by atoms with Crippen LogP contribution in [0.15, 0.2) is 12.2 Å². The summed E-state index contributed by atoms with van der Waals surface area (Å²) in [6.45, 7) is 4.60. The molecule has 6 heteroatoms. The van der Waals surface area contributed by atoms with Gasteiger partial charge in [0.1, 0.15) is 0 Å². The zero-order chi connectivity index (χ0) is 5.15. The summed E-state index contributed by atoms with van der Waals surface area (Å²) in [7, 11) is 0. The van der Waals surface area contributed by atoms with Crippen molar-refractivity contribution in [1.82, 2.24) is 0 Å². The van der Waals surface area contributed by atoms with Crippen LogP contribution in [0.2, 0.25) is 0 Å². The van der Waals surface area contributed by atoms with Crippen LogP contribution in [0, 0.1) is 0 Å². The Hall–Kier alpha value is 1.53. The zero-order valence-electron chi connectivity index (χ0n) is 5.49. The van der Waals surface area contributed by atoms with E-state index in [-0.39, 0.29) is 82.7 Å². The van der Waals surface area contributed by atoms with E-state index in [1.165, 1.54) is 6.92 Å². The van der Waals surface area contributed by atoms with Crippen molar-refractivity contribution in [3.05, 3.63) is 12.2 Å². The molecule has 0 saturated heterocycles. The van der Waals surface area contributed by atoms with E-state index in [9.17, 15) is 4.79 Å². The molecule has 1 N–H and O–H groups in total. The summed E-state index contributed by atoms with van der Waals surface area (Å²) in [6, 6.07) is 0. The Morgan fingerprint density at radius 1 is 1.30 bits per heavy atom. The molecule has 0 rings (SSSR count). The second-order valence-corrected chi connectivity index (χ2v) is 1.09. The number of rotatable bonds is 1. The van der Waals surface area contributed by atoms with Gasteiger partial charge in [0.05, 0.1) is 0 Å². The molecule has 0 aliphatic rings. The first-order valence-electron chi connectivity index (χ1n) is 1.53. The van der Waals surface area contributed by atoms with Gasteiger partial charge < -0.3 is 5.11 Å². The molecule has 0 radical (unpaired) electrons. The Kier molecular flexibility index (Phi) is 50.6. The molecule has 0 aliphatic heterocycles. The predicted molar refractivity (Wildman–Crippen MR) is 63.4 cm³/mol. The van der Waals surface area contributed by atoms with Gasteiger partial charge in [0.25, 0.3) is 0 Å². The van der Waals surface area contributed by atoms with Crippen molar-refractivity contribution in [2.24, 2.45) is 0 Å². The van der Waals surface area contributed by atoms with E-state index < -0.39 is 5.97 Å². The first-order valence-corrected chi connectivity index (χ1v) is 1.53. The number of halogens is 3. The summed E-state index contributed by atoms with van der Waals surface area (Å²) in [6.07, 6.45) is 0. The molecule has 0 amide bonds. The van der Waals surface area contributed by atoms with Gasteiger partial charge in [0, 0.05) is 5.57 Å². The third kappa shape index (κ3) is 22.7. The third-order valence-electron chi connectivity index (χ3n) is 0.365. The van der Waals surface area contributed by atoms with E-state index in [1.54, 1.807) is 0 Å². The molecule has 0 unspecified atom stereocenters. The van der Waals surface area contributed by atoms with Crippen molar-refractivity contribution in [2.45, 2.75) is 6.92 Å². The van der Waals surface area contributed by atoms with Crippen LogP contribution in [-0.2, 0) is 4.79 Å². The van der Waals surface area contributed by atoms with Crippen LogP contribution >= 0.6 is 50.9 Å². The van der Waals surface area contributed by atoms with Crippen LogP contribution in [0.25, 0.3) is 0 Å². The van der Waals surface area contributed by atoms with Crippen LogP contribution in [0.5, 0.6) is 0 Å². The van der Waals surface area contributed by atoms with Crippen LogP contribution in [-0.4, -0.2) is 37.3 Å². The summed E-state index contributed by atoms with van der Waals surface area (Å²) < 4.78 is 0. The fraction of sp³-hybridized carbons (Fsp3) is 0.250. The Morgan fingerprint density at radius 3 is 1.40 bits per heavy atom. The molecule has 0 aromatic rings. The third-order valence-corrected chi connectivity index (χ3v) is 0.365. The standard InChI is InChI=1S/C4H6O2.Bi.3BrH.3H/c1-3(2)4(5)6;;;;;;;/h1H2,2H3,(H,5,6);;3*1H;;;. The van der Waals surface area contributed by atoms with Crippen molar-refractivity contribution >= 4 is 83.1 Å². The molecular formula is C4H12BiBr3O2. The van der Waals surface area contributed by atoms with E-state index in [2.05, 4.69) is 6.58 Å². The second-order valence-electron chi connectivity index (χ2n) is 1.09. The maximum absolute atomic E-state index is 9.60. The first-order chi connectivity index (χ1) is 2.64. The summed E-state index contributed by atoms with van der Waals surface area (Å²) in [5.41, 5.74) is 0.176. The van der Waals surface area contributed by atoms with Gasteiger partial charge in [-0.2, -0.15) is 0 Å². The van der Waals surface area contributed by atoms with Gasteiger partial charge in [-0.3, -0.25) is 0 Å². The summed E-state index contributed by atoms with van der Waals surface area (Å²) in [5, 5.41) is 7.89. The molecule has 0 aliphatic carbocycles. The van der Waals surface area contributed by atoms with Crippen molar-refractivity contribution in [1.29, 1.82) is 0 Å². The van der Waals surface area contributed by atoms with Gasteiger partial charge >= 0.3 is 32.2 Å². The average molecular weight is 541 g/mol. The number of hydrogen-bond acceptors (Lipinski definition) is 1. The topological polar surface area (TPSA) is 37.3 Å². The van der Waals surface area contributed by atoms with Crippen LogP contribution in [0.4, 0.5) is 0 Å². The molecule has 2 nitrogen and oxygen atoms in total. The molecule has 0 atom stereocenters. The molecule has 10 heavy (non-hydrogen) atoms. The van der Waals surface area contributed by atoms with Crippen molar-refractivity contribution in [2.75, 3.05) is 0 Å². The molecule has 0 aromatic heterocycles. The second kappa shape index (κ2) is 16.9. The zero-order valence-corrected chi connectivity index (χ0v) is 16.1. The van der Waals surface area contributed by atoms with Gasteiger partial charge in [-0.05, 0) is 6.92 Å². The number of hydrogen-bond donors (Lipinski definition) is 1. The normalized spacial score (nSPS) is 4.50. The molecule has 0 saturated carbocycles. The fourth-order valence-corrected chi connectivity index (χ4v) is 0. The Bertz CT molecular complexity index is 84.5.